The molecular formula is C16H23N3O2S. The van der Waals surface area contributed by atoms with Crippen LogP contribution in [0.1, 0.15) is 15.9 Å². The van der Waals surface area contributed by atoms with Crippen molar-refractivity contribution in [1.29, 1.82) is 0 Å². The summed E-state index contributed by atoms with van der Waals surface area (Å²) < 4.78 is 0. The van der Waals surface area contributed by atoms with Crippen molar-refractivity contribution in [1.82, 2.24) is 15.1 Å². The summed E-state index contributed by atoms with van der Waals surface area (Å²) in [7, 11) is 3.93. The van der Waals surface area contributed by atoms with Crippen molar-refractivity contribution in [3.8, 4) is 0 Å². The number of thioether (sulfide) groups is 1. The van der Waals surface area contributed by atoms with Gasteiger partial charge in [-0.2, -0.15) is 0 Å². The Morgan fingerprint density at radius 3 is 2.77 bits per heavy atom. The number of likely N-dealkylation sites (N-methyl/N-ethyl adjacent to an activating group) is 1. The van der Waals surface area contributed by atoms with Crippen LogP contribution in [-0.4, -0.2) is 66.5 Å². The molecule has 1 aromatic carbocycles. The molecule has 120 valence electrons. The van der Waals surface area contributed by atoms with Crippen molar-refractivity contribution in [2.45, 2.75) is 13.0 Å². The van der Waals surface area contributed by atoms with E-state index >= 15 is 0 Å². The van der Waals surface area contributed by atoms with Crippen molar-refractivity contribution in [2.75, 3.05) is 38.8 Å². The van der Waals surface area contributed by atoms with E-state index in [1.807, 2.05) is 50.2 Å². The molecule has 1 aliphatic heterocycles. The molecule has 0 bridgehead atoms. The molecule has 0 spiro atoms. The van der Waals surface area contributed by atoms with Crippen LogP contribution in [0.25, 0.3) is 0 Å². The fraction of sp³-hybridized carbons (Fsp3) is 0.500. The Bertz CT molecular complexity index is 548. The Morgan fingerprint density at radius 2 is 2.09 bits per heavy atom. The lowest BCUT2D eigenvalue weighted by atomic mass is 10.1. The van der Waals surface area contributed by atoms with E-state index in [0.29, 0.717) is 23.7 Å². The maximum atomic E-state index is 12.7. The summed E-state index contributed by atoms with van der Waals surface area (Å²) in [5.74, 6) is 1.11. The number of hydrogen-bond acceptors (Lipinski definition) is 4. The highest BCUT2D eigenvalue weighted by Gasteiger charge is 2.35. The number of carbonyl (C=O) groups excluding carboxylic acids is 2. The van der Waals surface area contributed by atoms with Crippen LogP contribution in [0.15, 0.2) is 24.3 Å². The van der Waals surface area contributed by atoms with Crippen LogP contribution in [0.3, 0.4) is 0 Å². The zero-order valence-electron chi connectivity index (χ0n) is 13.3. The fourth-order valence-corrected chi connectivity index (χ4v) is 3.50. The summed E-state index contributed by atoms with van der Waals surface area (Å²) in [6.07, 6.45) is 0. The van der Waals surface area contributed by atoms with Gasteiger partial charge in [-0.25, -0.2) is 0 Å². The van der Waals surface area contributed by atoms with Gasteiger partial charge in [0.15, 0.2) is 0 Å². The molecule has 6 heteroatoms. The van der Waals surface area contributed by atoms with Crippen LogP contribution in [-0.2, 0) is 4.79 Å². The molecule has 1 fully saturated rings. The van der Waals surface area contributed by atoms with E-state index < -0.39 is 0 Å². The number of aryl methyl sites for hydroxylation is 1. The van der Waals surface area contributed by atoms with Gasteiger partial charge in [-0.15, -0.1) is 11.8 Å². The first kappa shape index (κ1) is 16.8. The Balaban J connectivity index is 2.02. The molecule has 1 N–H and O–H groups in total. The number of benzene rings is 1. The highest BCUT2D eigenvalue weighted by atomic mass is 32.2. The van der Waals surface area contributed by atoms with Gasteiger partial charge < -0.3 is 15.1 Å². The monoisotopic (exact) mass is 321 g/mol. The summed E-state index contributed by atoms with van der Waals surface area (Å²) in [6.45, 7) is 3.30. The average molecular weight is 321 g/mol. The number of amides is 2. The molecule has 0 aliphatic carbocycles. The standard InChI is InChI=1S/C16H23N3O2S/c1-12-6-4-5-7-13(12)16(21)19-11-22-10-14(19)15(20)17-8-9-18(2)3/h4-7,14H,8-11H2,1-3H3,(H,17,20). The summed E-state index contributed by atoms with van der Waals surface area (Å²) >= 11 is 1.62. The molecule has 2 rings (SSSR count). The molecule has 0 radical (unpaired) electrons. The van der Waals surface area contributed by atoms with Crippen molar-refractivity contribution in [3.05, 3.63) is 35.4 Å². The van der Waals surface area contributed by atoms with Gasteiger partial charge in [-0.3, -0.25) is 9.59 Å². The summed E-state index contributed by atoms with van der Waals surface area (Å²) in [6, 6.07) is 7.13. The van der Waals surface area contributed by atoms with Crippen LogP contribution in [0.5, 0.6) is 0 Å². The number of carbonyl (C=O) groups is 2. The lowest BCUT2D eigenvalue weighted by Gasteiger charge is -2.24. The highest BCUT2D eigenvalue weighted by Crippen LogP contribution is 2.24. The highest BCUT2D eigenvalue weighted by molar-refractivity contribution is 7.99. The minimum absolute atomic E-state index is 0.0594. The number of rotatable bonds is 5. The molecule has 1 atom stereocenters. The average Bonchev–Trinajstić information content (AvgIpc) is 2.96. The Kier molecular flexibility index (Phi) is 5.85. The second-order valence-corrected chi connectivity index (χ2v) is 6.70. The molecule has 2 amide bonds. The van der Waals surface area contributed by atoms with Crippen molar-refractivity contribution >= 4 is 23.6 Å². The topological polar surface area (TPSA) is 52.7 Å². The zero-order valence-corrected chi connectivity index (χ0v) is 14.2. The quantitative estimate of drug-likeness (QED) is 0.885. The first-order valence-electron chi connectivity index (χ1n) is 7.37. The van der Waals surface area contributed by atoms with E-state index in [2.05, 4.69) is 5.32 Å². The third-order valence-electron chi connectivity index (χ3n) is 3.68. The first-order chi connectivity index (χ1) is 10.5. The van der Waals surface area contributed by atoms with Gasteiger partial charge in [-0.1, -0.05) is 18.2 Å². The van der Waals surface area contributed by atoms with E-state index in [1.165, 1.54) is 0 Å². The minimum atomic E-state index is -0.376. The fourth-order valence-electron chi connectivity index (χ4n) is 2.35. The van der Waals surface area contributed by atoms with E-state index in [-0.39, 0.29) is 17.9 Å². The molecule has 1 saturated heterocycles. The summed E-state index contributed by atoms with van der Waals surface area (Å²) in [5.41, 5.74) is 1.62. The van der Waals surface area contributed by atoms with E-state index in [0.717, 1.165) is 12.1 Å². The van der Waals surface area contributed by atoms with Crippen molar-refractivity contribution < 1.29 is 9.59 Å². The molecule has 1 aliphatic rings. The summed E-state index contributed by atoms with van der Waals surface area (Å²) in [5, 5.41) is 2.92. The van der Waals surface area contributed by atoms with Gasteiger partial charge in [-0.05, 0) is 32.6 Å². The van der Waals surface area contributed by atoms with E-state index in [9.17, 15) is 9.59 Å². The van der Waals surface area contributed by atoms with Crippen LogP contribution >= 0.6 is 11.8 Å². The normalized spacial score (nSPS) is 17.8. The van der Waals surface area contributed by atoms with Crippen LogP contribution in [0.2, 0.25) is 0 Å². The lowest BCUT2D eigenvalue weighted by molar-refractivity contribution is -0.124. The predicted molar refractivity (Wildman–Crippen MR) is 90.0 cm³/mol. The van der Waals surface area contributed by atoms with Gasteiger partial charge in [0, 0.05) is 24.4 Å². The van der Waals surface area contributed by atoms with Crippen molar-refractivity contribution in [2.24, 2.45) is 0 Å². The molecule has 1 aromatic rings. The largest absolute Gasteiger partial charge is 0.353 e. The Hall–Kier alpha value is -1.53. The zero-order chi connectivity index (χ0) is 16.1. The number of nitrogens with zero attached hydrogens (tertiary/aromatic N) is 2. The van der Waals surface area contributed by atoms with Gasteiger partial charge >= 0.3 is 0 Å². The predicted octanol–water partition coefficient (Wildman–Crippen LogP) is 1.19. The Labute approximate surface area is 136 Å². The van der Waals surface area contributed by atoms with Gasteiger partial charge in [0.1, 0.15) is 6.04 Å². The molecular weight excluding hydrogens is 298 g/mol. The molecule has 1 unspecified atom stereocenters. The third-order valence-corrected chi connectivity index (χ3v) is 4.69. The molecule has 22 heavy (non-hydrogen) atoms. The SMILES string of the molecule is Cc1ccccc1C(=O)N1CSCC1C(=O)NCCN(C)C. The van der Waals surface area contributed by atoms with Crippen LogP contribution < -0.4 is 5.32 Å². The minimum Gasteiger partial charge on any atom is -0.353 e. The molecule has 1 heterocycles. The van der Waals surface area contributed by atoms with E-state index in [4.69, 9.17) is 0 Å². The third kappa shape index (κ3) is 4.01. The lowest BCUT2D eigenvalue weighted by Crippen LogP contribution is -2.48. The second kappa shape index (κ2) is 7.65. The van der Waals surface area contributed by atoms with Crippen LogP contribution in [0.4, 0.5) is 0 Å². The number of hydrogen-bond donors (Lipinski definition) is 1. The maximum absolute atomic E-state index is 12.7. The molecule has 0 aromatic heterocycles. The first-order valence-corrected chi connectivity index (χ1v) is 8.53. The van der Waals surface area contributed by atoms with Gasteiger partial charge in [0.2, 0.25) is 5.91 Å². The Morgan fingerprint density at radius 1 is 1.36 bits per heavy atom. The van der Waals surface area contributed by atoms with Crippen LogP contribution in [0, 0.1) is 6.92 Å². The van der Waals surface area contributed by atoms with Crippen molar-refractivity contribution in [3.63, 3.8) is 0 Å². The maximum Gasteiger partial charge on any atom is 0.255 e. The summed E-state index contributed by atoms with van der Waals surface area (Å²) in [4.78, 5) is 28.7. The molecule has 5 nitrogen and oxygen atoms in total. The molecule has 0 saturated carbocycles. The number of nitrogens with one attached hydrogen (secondary N) is 1. The van der Waals surface area contributed by atoms with Gasteiger partial charge in [0.05, 0.1) is 5.88 Å². The smallest absolute Gasteiger partial charge is 0.255 e. The van der Waals surface area contributed by atoms with Gasteiger partial charge in [0.25, 0.3) is 5.91 Å². The second-order valence-electron chi connectivity index (χ2n) is 5.70. The van der Waals surface area contributed by atoms with E-state index in [1.54, 1.807) is 16.7 Å².